The summed E-state index contributed by atoms with van der Waals surface area (Å²) in [4.78, 5) is 16.7. The third kappa shape index (κ3) is 3.93. The average molecular weight is 370 g/mol. The van der Waals surface area contributed by atoms with Crippen LogP contribution in [-0.4, -0.2) is 68.6 Å². The quantitative estimate of drug-likeness (QED) is 0.630. The zero-order valence-corrected chi connectivity index (χ0v) is 14.8. The van der Waals surface area contributed by atoms with Gasteiger partial charge in [-0.1, -0.05) is 0 Å². The largest absolute Gasteiger partial charge is 0.468 e. The van der Waals surface area contributed by atoms with Gasteiger partial charge in [-0.15, -0.1) is 0 Å². The van der Waals surface area contributed by atoms with Gasteiger partial charge in [-0.2, -0.15) is 15.4 Å². The molecule has 9 nitrogen and oxygen atoms in total. The molecule has 9 heteroatoms. The van der Waals surface area contributed by atoms with E-state index in [1.807, 2.05) is 18.2 Å². The summed E-state index contributed by atoms with van der Waals surface area (Å²) >= 11 is 0. The van der Waals surface area contributed by atoms with E-state index in [4.69, 9.17) is 4.42 Å². The lowest BCUT2D eigenvalue weighted by Crippen LogP contribution is -2.55. The van der Waals surface area contributed by atoms with E-state index in [1.165, 1.54) is 0 Å². The maximum absolute atomic E-state index is 12.7. The lowest BCUT2D eigenvalue weighted by Gasteiger charge is -2.40. The van der Waals surface area contributed by atoms with Crippen molar-refractivity contribution in [2.75, 3.05) is 31.6 Å². The molecule has 0 bridgehead atoms. The fourth-order valence-electron chi connectivity index (χ4n) is 3.43. The van der Waals surface area contributed by atoms with Crippen LogP contribution in [0.3, 0.4) is 0 Å². The number of carbonyl (C=O) groups is 1. The van der Waals surface area contributed by atoms with E-state index < -0.39 is 0 Å². The molecule has 4 rings (SSSR count). The summed E-state index contributed by atoms with van der Waals surface area (Å²) < 4.78 is 5.43. The predicted molar refractivity (Wildman–Crippen MR) is 99.1 cm³/mol. The van der Waals surface area contributed by atoms with Gasteiger partial charge in [0.2, 0.25) is 0 Å². The third-order valence-electron chi connectivity index (χ3n) is 4.86. The van der Waals surface area contributed by atoms with Gasteiger partial charge in [0, 0.05) is 38.0 Å². The first-order valence-corrected chi connectivity index (χ1v) is 8.96. The van der Waals surface area contributed by atoms with Gasteiger partial charge in [-0.3, -0.25) is 4.90 Å². The van der Waals surface area contributed by atoms with Crippen LogP contribution in [-0.2, 0) is 6.54 Å². The standard InChI is InChI=1S/C18H22N6O3/c25-8-5-14-11-24(7-6-23(14)12-15-2-1-9-27-15)18(26)19-13-3-4-16-17(10-13)21-22-20-16/h1-4,9-10,14,25H,5-8,11-12H2,(H,19,26)(H,20,21,22)/t14-/m1/s1. The van der Waals surface area contributed by atoms with Crippen molar-refractivity contribution in [1.29, 1.82) is 0 Å². The number of carbonyl (C=O) groups excluding carboxylic acids is 1. The first kappa shape index (κ1) is 17.5. The van der Waals surface area contributed by atoms with E-state index >= 15 is 0 Å². The first-order valence-electron chi connectivity index (χ1n) is 8.96. The summed E-state index contributed by atoms with van der Waals surface area (Å²) in [5.41, 5.74) is 2.13. The van der Waals surface area contributed by atoms with Crippen LogP contribution in [0.1, 0.15) is 12.2 Å². The Morgan fingerprint density at radius 3 is 3.00 bits per heavy atom. The van der Waals surface area contributed by atoms with E-state index in [1.54, 1.807) is 23.3 Å². The van der Waals surface area contributed by atoms with Gasteiger partial charge in [-0.05, 0) is 36.8 Å². The van der Waals surface area contributed by atoms with E-state index in [0.29, 0.717) is 37.3 Å². The molecule has 1 fully saturated rings. The molecule has 0 aliphatic carbocycles. The fraction of sp³-hybridized carbons (Fsp3) is 0.389. The predicted octanol–water partition coefficient (Wildman–Crippen LogP) is 1.65. The summed E-state index contributed by atoms with van der Waals surface area (Å²) in [6.45, 7) is 2.65. The smallest absolute Gasteiger partial charge is 0.321 e. The van der Waals surface area contributed by atoms with Gasteiger partial charge in [0.1, 0.15) is 16.8 Å². The molecule has 2 amide bonds. The van der Waals surface area contributed by atoms with Gasteiger partial charge >= 0.3 is 6.03 Å². The van der Waals surface area contributed by atoms with Crippen molar-refractivity contribution in [1.82, 2.24) is 25.2 Å². The van der Waals surface area contributed by atoms with Gasteiger partial charge in [-0.25, -0.2) is 4.79 Å². The monoisotopic (exact) mass is 370 g/mol. The van der Waals surface area contributed by atoms with E-state index in [0.717, 1.165) is 17.8 Å². The van der Waals surface area contributed by atoms with Crippen LogP contribution in [0.15, 0.2) is 41.0 Å². The van der Waals surface area contributed by atoms with Crippen molar-refractivity contribution in [2.24, 2.45) is 0 Å². The second kappa shape index (κ2) is 7.77. The van der Waals surface area contributed by atoms with Crippen molar-refractivity contribution in [2.45, 2.75) is 19.0 Å². The SMILES string of the molecule is O=C(Nc1ccc2n[nH]nc2c1)N1CCN(Cc2ccco2)[C@H](CCO)C1. The highest BCUT2D eigenvalue weighted by Gasteiger charge is 2.29. The molecule has 0 saturated carbocycles. The molecule has 3 aromatic rings. The Kier molecular flexibility index (Phi) is 5.03. The minimum atomic E-state index is -0.154. The molecule has 2 aromatic heterocycles. The number of amides is 2. The Labute approximate surface area is 155 Å². The number of piperazine rings is 1. The van der Waals surface area contributed by atoms with Gasteiger partial charge in [0.25, 0.3) is 0 Å². The Balaban J connectivity index is 1.40. The molecule has 142 valence electrons. The molecule has 0 radical (unpaired) electrons. The second-order valence-electron chi connectivity index (χ2n) is 6.62. The van der Waals surface area contributed by atoms with Crippen LogP contribution < -0.4 is 5.32 Å². The van der Waals surface area contributed by atoms with Crippen LogP contribution in [0.4, 0.5) is 10.5 Å². The summed E-state index contributed by atoms with van der Waals surface area (Å²) in [6.07, 6.45) is 2.27. The summed E-state index contributed by atoms with van der Waals surface area (Å²) in [7, 11) is 0. The van der Waals surface area contributed by atoms with Crippen molar-refractivity contribution in [3.63, 3.8) is 0 Å². The topological polar surface area (TPSA) is 111 Å². The maximum atomic E-state index is 12.7. The van der Waals surface area contributed by atoms with Crippen LogP contribution >= 0.6 is 0 Å². The number of urea groups is 1. The highest BCUT2D eigenvalue weighted by molar-refractivity contribution is 5.91. The average Bonchev–Trinajstić information content (AvgIpc) is 3.34. The van der Waals surface area contributed by atoms with Crippen LogP contribution in [0.5, 0.6) is 0 Å². The number of hydrogen-bond acceptors (Lipinski definition) is 6. The molecule has 1 aliphatic rings. The number of nitrogens with one attached hydrogen (secondary N) is 2. The summed E-state index contributed by atoms with van der Waals surface area (Å²) in [5.74, 6) is 0.886. The Morgan fingerprint density at radius 1 is 1.30 bits per heavy atom. The molecular formula is C18H22N6O3. The summed E-state index contributed by atoms with van der Waals surface area (Å²) in [5, 5.41) is 22.9. The molecule has 0 spiro atoms. The number of aromatic amines is 1. The van der Waals surface area contributed by atoms with E-state index in [2.05, 4.69) is 25.6 Å². The molecule has 1 aliphatic heterocycles. The van der Waals surface area contributed by atoms with Crippen LogP contribution in [0.2, 0.25) is 0 Å². The van der Waals surface area contributed by atoms with Crippen LogP contribution in [0, 0.1) is 0 Å². The van der Waals surface area contributed by atoms with E-state index in [-0.39, 0.29) is 18.7 Å². The number of aliphatic hydroxyl groups is 1. The maximum Gasteiger partial charge on any atom is 0.321 e. The number of anilines is 1. The Morgan fingerprint density at radius 2 is 2.19 bits per heavy atom. The number of aromatic nitrogens is 3. The first-order chi connectivity index (χ1) is 13.2. The fourth-order valence-corrected chi connectivity index (χ4v) is 3.43. The second-order valence-corrected chi connectivity index (χ2v) is 6.62. The number of H-pyrrole nitrogens is 1. The molecule has 3 heterocycles. The number of nitrogens with zero attached hydrogens (tertiary/aromatic N) is 4. The minimum absolute atomic E-state index is 0.0810. The molecule has 1 aromatic carbocycles. The number of hydrogen-bond donors (Lipinski definition) is 3. The zero-order valence-electron chi connectivity index (χ0n) is 14.8. The van der Waals surface area contributed by atoms with Crippen LogP contribution in [0.25, 0.3) is 11.0 Å². The number of benzene rings is 1. The Hall–Kier alpha value is -2.91. The van der Waals surface area contributed by atoms with Crippen molar-refractivity contribution in [3.05, 3.63) is 42.4 Å². The van der Waals surface area contributed by atoms with Crippen molar-refractivity contribution < 1.29 is 14.3 Å². The normalized spacial score (nSPS) is 18.1. The molecule has 0 unspecified atom stereocenters. The molecule has 1 saturated heterocycles. The van der Waals surface area contributed by atoms with Crippen molar-refractivity contribution >= 4 is 22.8 Å². The zero-order chi connectivity index (χ0) is 18.6. The number of furan rings is 1. The minimum Gasteiger partial charge on any atom is -0.468 e. The lowest BCUT2D eigenvalue weighted by molar-refractivity contribution is 0.0669. The lowest BCUT2D eigenvalue weighted by atomic mass is 10.1. The highest BCUT2D eigenvalue weighted by Crippen LogP contribution is 2.19. The van der Waals surface area contributed by atoms with Gasteiger partial charge in [0.15, 0.2) is 0 Å². The molecule has 1 atom stereocenters. The van der Waals surface area contributed by atoms with E-state index in [9.17, 15) is 9.90 Å². The Bertz CT molecular complexity index is 894. The number of fused-ring (bicyclic) bond motifs is 1. The van der Waals surface area contributed by atoms with Gasteiger partial charge in [0.05, 0.1) is 12.8 Å². The molecule has 3 N–H and O–H groups in total. The van der Waals surface area contributed by atoms with Crippen molar-refractivity contribution in [3.8, 4) is 0 Å². The third-order valence-corrected chi connectivity index (χ3v) is 4.86. The van der Waals surface area contributed by atoms with Gasteiger partial charge < -0.3 is 19.7 Å². The number of rotatable bonds is 5. The highest BCUT2D eigenvalue weighted by atomic mass is 16.3. The number of aliphatic hydroxyl groups excluding tert-OH is 1. The summed E-state index contributed by atoms with van der Waals surface area (Å²) in [6, 6.07) is 9.14. The molecule has 27 heavy (non-hydrogen) atoms. The molecular weight excluding hydrogens is 348 g/mol.